The van der Waals surface area contributed by atoms with Gasteiger partial charge in [0.2, 0.25) is 0 Å². The Kier molecular flexibility index (Phi) is 3.91. The Morgan fingerprint density at radius 1 is 1.22 bits per heavy atom. The fourth-order valence-corrected chi connectivity index (χ4v) is 1.85. The lowest BCUT2D eigenvalue weighted by Gasteiger charge is -2.15. The monoisotopic (exact) mass is 262 g/mol. The van der Waals surface area contributed by atoms with Crippen molar-refractivity contribution in [1.29, 1.82) is 0 Å². The predicted octanol–water partition coefficient (Wildman–Crippen LogP) is 2.30. The van der Waals surface area contributed by atoms with E-state index in [1.807, 2.05) is 32.0 Å². The molecule has 0 bridgehead atoms. The molecule has 1 aromatic heterocycles. The second-order valence-electron chi connectivity index (χ2n) is 4.23. The molecular weight excluding hydrogens is 248 g/mol. The Morgan fingerprint density at radius 3 is 2.44 bits per heavy atom. The average Bonchev–Trinajstić information content (AvgIpc) is 2.37. The fourth-order valence-electron chi connectivity index (χ4n) is 1.66. The molecule has 0 fully saturated rings. The summed E-state index contributed by atoms with van der Waals surface area (Å²) < 4.78 is 0. The molecule has 0 aliphatic heterocycles. The topological polar surface area (TPSA) is 63.8 Å². The number of nitrogens with zero attached hydrogens (tertiary/aromatic N) is 2. The van der Waals surface area contributed by atoms with E-state index in [1.165, 1.54) is 0 Å². The highest BCUT2D eigenvalue weighted by atomic mass is 35.5. The zero-order valence-electron chi connectivity index (χ0n) is 10.3. The van der Waals surface area contributed by atoms with E-state index < -0.39 is 0 Å². The smallest absolute Gasteiger partial charge is 0.150 e. The molecule has 94 valence electrons. The number of aromatic nitrogens is 2. The highest BCUT2D eigenvalue weighted by Crippen LogP contribution is 2.23. The Bertz CT molecular complexity index is 539. The van der Waals surface area contributed by atoms with Gasteiger partial charge in [-0.15, -0.1) is 0 Å². The van der Waals surface area contributed by atoms with E-state index in [4.69, 9.17) is 17.4 Å². The van der Waals surface area contributed by atoms with E-state index in [2.05, 4.69) is 15.4 Å². The highest BCUT2D eigenvalue weighted by molar-refractivity contribution is 6.31. The summed E-state index contributed by atoms with van der Waals surface area (Å²) in [4.78, 5) is 8.56. The number of halogens is 1. The van der Waals surface area contributed by atoms with E-state index in [0.717, 1.165) is 16.7 Å². The zero-order valence-corrected chi connectivity index (χ0v) is 11.1. The van der Waals surface area contributed by atoms with Crippen molar-refractivity contribution >= 4 is 11.6 Å². The van der Waals surface area contributed by atoms with Crippen LogP contribution in [0.3, 0.4) is 0 Å². The molecule has 18 heavy (non-hydrogen) atoms. The van der Waals surface area contributed by atoms with Crippen LogP contribution in [0.2, 0.25) is 5.02 Å². The van der Waals surface area contributed by atoms with Crippen molar-refractivity contribution in [2.24, 2.45) is 5.84 Å². The largest absolute Gasteiger partial charge is 0.270 e. The molecule has 1 heterocycles. The van der Waals surface area contributed by atoms with Crippen LogP contribution in [0.15, 0.2) is 30.6 Å². The van der Waals surface area contributed by atoms with Crippen molar-refractivity contribution in [3.05, 3.63) is 58.1 Å². The van der Waals surface area contributed by atoms with Gasteiger partial charge in [0, 0.05) is 17.4 Å². The molecule has 0 spiro atoms. The lowest BCUT2D eigenvalue weighted by Crippen LogP contribution is -2.30. The standard InChI is InChI=1S/C13H15ClN4/c1-8-6-16-13(17-7-8)12(18-15)10-4-3-9(2)11(14)5-10/h3-7,12,18H,15H2,1-2H3. The Labute approximate surface area is 111 Å². The number of aryl methyl sites for hydroxylation is 2. The maximum absolute atomic E-state index is 6.12. The van der Waals surface area contributed by atoms with Gasteiger partial charge in [-0.3, -0.25) is 5.84 Å². The minimum absolute atomic E-state index is 0.260. The number of rotatable bonds is 3. The van der Waals surface area contributed by atoms with Crippen LogP contribution in [0.1, 0.15) is 28.6 Å². The van der Waals surface area contributed by atoms with Crippen molar-refractivity contribution in [3.63, 3.8) is 0 Å². The average molecular weight is 263 g/mol. The van der Waals surface area contributed by atoms with E-state index in [1.54, 1.807) is 12.4 Å². The molecule has 2 rings (SSSR count). The summed E-state index contributed by atoms with van der Waals surface area (Å²) in [5, 5.41) is 0.708. The minimum atomic E-state index is -0.260. The predicted molar refractivity (Wildman–Crippen MR) is 72.1 cm³/mol. The molecule has 0 amide bonds. The van der Waals surface area contributed by atoms with Crippen LogP contribution in [0, 0.1) is 13.8 Å². The van der Waals surface area contributed by atoms with Crippen LogP contribution in [0.5, 0.6) is 0 Å². The van der Waals surface area contributed by atoms with Crippen LogP contribution < -0.4 is 11.3 Å². The zero-order chi connectivity index (χ0) is 13.1. The van der Waals surface area contributed by atoms with E-state index in [9.17, 15) is 0 Å². The Balaban J connectivity index is 2.38. The molecule has 4 nitrogen and oxygen atoms in total. The summed E-state index contributed by atoms with van der Waals surface area (Å²) in [7, 11) is 0. The van der Waals surface area contributed by atoms with Crippen molar-refractivity contribution in [3.8, 4) is 0 Å². The molecule has 0 aliphatic carbocycles. The molecule has 5 heteroatoms. The van der Waals surface area contributed by atoms with Crippen LogP contribution >= 0.6 is 11.6 Å². The van der Waals surface area contributed by atoms with Crippen LogP contribution in [-0.2, 0) is 0 Å². The van der Waals surface area contributed by atoms with Gasteiger partial charge < -0.3 is 0 Å². The van der Waals surface area contributed by atoms with Gasteiger partial charge in [0.25, 0.3) is 0 Å². The minimum Gasteiger partial charge on any atom is -0.270 e. The SMILES string of the molecule is Cc1cnc(C(NN)c2ccc(C)c(Cl)c2)nc1. The number of hydrazine groups is 1. The molecule has 0 saturated heterocycles. The number of nitrogens with one attached hydrogen (secondary N) is 1. The normalized spacial score (nSPS) is 12.4. The maximum atomic E-state index is 6.12. The number of hydrogen-bond donors (Lipinski definition) is 2. The van der Waals surface area contributed by atoms with Gasteiger partial charge in [-0.2, -0.15) is 0 Å². The molecule has 0 aliphatic rings. The third kappa shape index (κ3) is 2.67. The van der Waals surface area contributed by atoms with Crippen molar-refractivity contribution in [1.82, 2.24) is 15.4 Å². The van der Waals surface area contributed by atoms with E-state index >= 15 is 0 Å². The Morgan fingerprint density at radius 2 is 1.89 bits per heavy atom. The number of hydrogen-bond acceptors (Lipinski definition) is 4. The van der Waals surface area contributed by atoms with Gasteiger partial charge in [-0.25, -0.2) is 15.4 Å². The van der Waals surface area contributed by atoms with Gasteiger partial charge >= 0.3 is 0 Å². The first-order chi connectivity index (χ1) is 8.61. The second kappa shape index (κ2) is 5.44. The lowest BCUT2D eigenvalue weighted by atomic mass is 10.0. The van der Waals surface area contributed by atoms with Gasteiger partial charge in [-0.1, -0.05) is 23.7 Å². The fraction of sp³-hybridized carbons (Fsp3) is 0.231. The molecule has 0 radical (unpaired) electrons. The van der Waals surface area contributed by atoms with Crippen molar-refractivity contribution in [2.75, 3.05) is 0 Å². The summed E-state index contributed by atoms with van der Waals surface area (Å²) >= 11 is 6.12. The molecule has 1 aromatic carbocycles. The molecule has 0 saturated carbocycles. The van der Waals surface area contributed by atoms with Crippen molar-refractivity contribution in [2.45, 2.75) is 19.9 Å². The van der Waals surface area contributed by atoms with Gasteiger partial charge in [0.15, 0.2) is 5.82 Å². The van der Waals surface area contributed by atoms with Gasteiger partial charge in [0.1, 0.15) is 6.04 Å². The number of nitrogens with two attached hydrogens (primary N) is 1. The van der Waals surface area contributed by atoms with E-state index in [-0.39, 0.29) is 6.04 Å². The summed E-state index contributed by atoms with van der Waals surface area (Å²) in [6.07, 6.45) is 3.53. The first-order valence-electron chi connectivity index (χ1n) is 5.62. The molecular formula is C13H15ClN4. The highest BCUT2D eigenvalue weighted by Gasteiger charge is 2.15. The molecule has 1 unspecified atom stereocenters. The molecule has 3 N–H and O–H groups in total. The van der Waals surface area contributed by atoms with Crippen LogP contribution in [-0.4, -0.2) is 9.97 Å². The third-order valence-corrected chi connectivity index (χ3v) is 3.16. The Hall–Kier alpha value is -1.49. The summed E-state index contributed by atoms with van der Waals surface area (Å²) in [5.41, 5.74) is 5.70. The molecule has 1 atom stereocenters. The summed E-state index contributed by atoms with van der Waals surface area (Å²) in [5.74, 6) is 6.22. The van der Waals surface area contributed by atoms with Crippen LogP contribution in [0.4, 0.5) is 0 Å². The molecule has 2 aromatic rings. The van der Waals surface area contributed by atoms with E-state index in [0.29, 0.717) is 10.8 Å². The van der Waals surface area contributed by atoms with Gasteiger partial charge in [-0.05, 0) is 36.6 Å². The second-order valence-corrected chi connectivity index (χ2v) is 4.63. The first kappa shape index (κ1) is 13.0. The maximum Gasteiger partial charge on any atom is 0.150 e. The van der Waals surface area contributed by atoms with Crippen molar-refractivity contribution < 1.29 is 0 Å². The third-order valence-electron chi connectivity index (χ3n) is 2.75. The van der Waals surface area contributed by atoms with Crippen LogP contribution in [0.25, 0.3) is 0 Å². The number of benzene rings is 1. The van der Waals surface area contributed by atoms with Gasteiger partial charge in [0.05, 0.1) is 0 Å². The quantitative estimate of drug-likeness (QED) is 0.658. The summed E-state index contributed by atoms with van der Waals surface area (Å²) in [6.45, 7) is 3.90. The summed E-state index contributed by atoms with van der Waals surface area (Å²) in [6, 6.07) is 5.54. The lowest BCUT2D eigenvalue weighted by molar-refractivity contribution is 0.600. The first-order valence-corrected chi connectivity index (χ1v) is 6.00.